The van der Waals surface area contributed by atoms with E-state index in [1.165, 1.54) is 4.70 Å². The molecule has 24 heavy (non-hydrogen) atoms. The van der Waals surface area contributed by atoms with Crippen LogP contribution in [0, 0.1) is 0 Å². The van der Waals surface area contributed by atoms with Gasteiger partial charge in [-0.1, -0.05) is 30.3 Å². The van der Waals surface area contributed by atoms with Crippen molar-refractivity contribution in [1.29, 1.82) is 0 Å². The molecule has 0 spiro atoms. The minimum atomic E-state index is -0.801. The SMILES string of the molecule is O=C(O)CCNc1cccc(C=Cc2nc3ccccc3s2)c1.[NaH]. The molecule has 3 rings (SSSR count). The van der Waals surface area contributed by atoms with Crippen molar-refractivity contribution in [3.63, 3.8) is 0 Å². The summed E-state index contributed by atoms with van der Waals surface area (Å²) in [5.41, 5.74) is 2.98. The van der Waals surface area contributed by atoms with E-state index in [0.29, 0.717) is 6.54 Å². The van der Waals surface area contributed by atoms with Crippen LogP contribution in [0.1, 0.15) is 17.0 Å². The summed E-state index contributed by atoms with van der Waals surface area (Å²) in [4.78, 5) is 15.1. The van der Waals surface area contributed by atoms with Crippen molar-refractivity contribution in [2.75, 3.05) is 11.9 Å². The van der Waals surface area contributed by atoms with Crippen LogP contribution in [0.15, 0.2) is 48.5 Å². The molecule has 0 aliphatic carbocycles. The molecule has 1 heterocycles. The summed E-state index contributed by atoms with van der Waals surface area (Å²) in [6.07, 6.45) is 4.12. The number of carboxylic acid groups (broad SMARTS) is 1. The predicted octanol–water partition coefficient (Wildman–Crippen LogP) is 3.70. The Labute approximate surface area is 166 Å². The van der Waals surface area contributed by atoms with Gasteiger partial charge in [-0.05, 0) is 35.9 Å². The number of nitrogens with zero attached hydrogens (tertiary/aromatic N) is 1. The molecule has 0 fully saturated rings. The molecular weight excluding hydrogens is 331 g/mol. The summed E-state index contributed by atoms with van der Waals surface area (Å²) in [6.45, 7) is 0.417. The molecule has 118 valence electrons. The van der Waals surface area contributed by atoms with Gasteiger partial charge in [-0.25, -0.2) is 4.98 Å². The molecule has 0 atom stereocenters. The van der Waals surface area contributed by atoms with Crippen LogP contribution in [0.4, 0.5) is 5.69 Å². The summed E-state index contributed by atoms with van der Waals surface area (Å²) in [7, 11) is 0. The molecule has 2 aromatic carbocycles. The van der Waals surface area contributed by atoms with Crippen LogP contribution in [0.5, 0.6) is 0 Å². The summed E-state index contributed by atoms with van der Waals surface area (Å²) in [6, 6.07) is 15.9. The summed E-state index contributed by atoms with van der Waals surface area (Å²) >= 11 is 1.66. The number of nitrogens with one attached hydrogen (secondary N) is 1. The van der Waals surface area contributed by atoms with Gasteiger partial charge in [-0.2, -0.15) is 0 Å². The van der Waals surface area contributed by atoms with Crippen molar-refractivity contribution in [2.45, 2.75) is 6.42 Å². The number of carboxylic acids is 1. The van der Waals surface area contributed by atoms with E-state index in [1.807, 2.05) is 54.6 Å². The molecule has 0 radical (unpaired) electrons. The van der Waals surface area contributed by atoms with E-state index in [0.717, 1.165) is 21.8 Å². The molecule has 1 aromatic heterocycles. The number of benzene rings is 2. The fourth-order valence-corrected chi connectivity index (χ4v) is 3.07. The van der Waals surface area contributed by atoms with Gasteiger partial charge in [0.05, 0.1) is 16.6 Å². The van der Waals surface area contributed by atoms with Crippen LogP contribution < -0.4 is 5.32 Å². The van der Waals surface area contributed by atoms with Gasteiger partial charge >= 0.3 is 35.5 Å². The van der Waals surface area contributed by atoms with E-state index in [4.69, 9.17) is 5.11 Å². The Kier molecular flexibility index (Phi) is 6.99. The van der Waals surface area contributed by atoms with Gasteiger partial charge in [0.2, 0.25) is 0 Å². The number of carbonyl (C=O) groups is 1. The van der Waals surface area contributed by atoms with E-state index in [1.54, 1.807) is 11.3 Å². The molecule has 0 aliphatic heterocycles. The van der Waals surface area contributed by atoms with E-state index >= 15 is 0 Å². The third-order valence-electron chi connectivity index (χ3n) is 3.28. The first kappa shape index (κ1) is 18.7. The number of aliphatic carboxylic acids is 1. The third-order valence-corrected chi connectivity index (χ3v) is 4.29. The molecule has 4 nitrogen and oxygen atoms in total. The Morgan fingerprint density at radius 1 is 1.17 bits per heavy atom. The van der Waals surface area contributed by atoms with Crippen molar-refractivity contribution in [2.24, 2.45) is 0 Å². The molecule has 0 amide bonds. The fraction of sp³-hybridized carbons (Fsp3) is 0.111. The standard InChI is InChI=1S/C18H16N2O2S.Na.H/c21-18(22)10-11-19-14-5-3-4-13(12-14)8-9-17-20-15-6-1-2-7-16(15)23-17;;/h1-9,12,19H,10-11H2,(H,21,22);;. The van der Waals surface area contributed by atoms with Crippen molar-refractivity contribution >= 4 is 74.9 Å². The average molecular weight is 348 g/mol. The van der Waals surface area contributed by atoms with Crippen LogP contribution in [-0.4, -0.2) is 52.2 Å². The van der Waals surface area contributed by atoms with Crippen molar-refractivity contribution in [1.82, 2.24) is 4.98 Å². The Balaban J connectivity index is 0.00000208. The summed E-state index contributed by atoms with van der Waals surface area (Å²) < 4.78 is 1.18. The first-order valence-electron chi connectivity index (χ1n) is 7.30. The van der Waals surface area contributed by atoms with Crippen LogP contribution in [-0.2, 0) is 4.79 Å². The van der Waals surface area contributed by atoms with Crippen LogP contribution in [0.2, 0.25) is 0 Å². The Morgan fingerprint density at radius 3 is 2.79 bits per heavy atom. The second-order valence-corrected chi connectivity index (χ2v) is 6.11. The number of fused-ring (bicyclic) bond motifs is 1. The molecule has 0 aliphatic rings. The summed E-state index contributed by atoms with van der Waals surface area (Å²) in [5, 5.41) is 12.7. The van der Waals surface area contributed by atoms with Crippen LogP contribution >= 0.6 is 11.3 Å². The van der Waals surface area contributed by atoms with Gasteiger partial charge in [-0.15, -0.1) is 11.3 Å². The maximum absolute atomic E-state index is 10.5. The van der Waals surface area contributed by atoms with E-state index in [9.17, 15) is 4.79 Å². The second-order valence-electron chi connectivity index (χ2n) is 5.05. The third kappa shape index (κ3) is 5.18. The Hall–Kier alpha value is -1.66. The maximum atomic E-state index is 10.5. The number of para-hydroxylation sites is 1. The topological polar surface area (TPSA) is 62.2 Å². The van der Waals surface area contributed by atoms with Gasteiger partial charge in [0.15, 0.2) is 0 Å². The quantitative estimate of drug-likeness (QED) is 0.667. The zero-order valence-corrected chi connectivity index (χ0v) is 13.2. The molecule has 0 unspecified atom stereocenters. The number of anilines is 1. The minimum absolute atomic E-state index is 0. The van der Waals surface area contributed by atoms with Crippen molar-refractivity contribution in [3.8, 4) is 0 Å². The second kappa shape index (κ2) is 8.99. The van der Waals surface area contributed by atoms with E-state index < -0.39 is 5.97 Å². The number of hydrogen-bond acceptors (Lipinski definition) is 4. The van der Waals surface area contributed by atoms with Crippen LogP contribution in [0.3, 0.4) is 0 Å². The zero-order valence-electron chi connectivity index (χ0n) is 12.4. The normalized spacial score (nSPS) is 10.7. The first-order chi connectivity index (χ1) is 11.2. The zero-order chi connectivity index (χ0) is 16.1. The number of rotatable bonds is 6. The van der Waals surface area contributed by atoms with Crippen LogP contribution in [0.25, 0.3) is 22.4 Å². The predicted molar refractivity (Wildman–Crippen MR) is 103 cm³/mol. The molecule has 6 heteroatoms. The molecule has 0 saturated heterocycles. The summed E-state index contributed by atoms with van der Waals surface area (Å²) in [5.74, 6) is -0.801. The fourth-order valence-electron chi connectivity index (χ4n) is 2.19. The van der Waals surface area contributed by atoms with Gasteiger partial charge in [0.25, 0.3) is 0 Å². The Bertz CT molecular complexity index is 828. The van der Waals surface area contributed by atoms with Crippen molar-refractivity contribution in [3.05, 3.63) is 59.1 Å². The van der Waals surface area contributed by atoms with Gasteiger partial charge in [0.1, 0.15) is 5.01 Å². The first-order valence-corrected chi connectivity index (χ1v) is 8.12. The molecule has 2 N–H and O–H groups in total. The monoisotopic (exact) mass is 348 g/mol. The van der Waals surface area contributed by atoms with E-state index in [2.05, 4.69) is 16.4 Å². The van der Waals surface area contributed by atoms with Gasteiger partial charge in [-0.3, -0.25) is 4.79 Å². The molecule has 0 saturated carbocycles. The number of hydrogen-bond donors (Lipinski definition) is 2. The van der Waals surface area contributed by atoms with Gasteiger partial charge in [0, 0.05) is 12.2 Å². The Morgan fingerprint density at radius 2 is 2.00 bits per heavy atom. The van der Waals surface area contributed by atoms with Gasteiger partial charge < -0.3 is 10.4 Å². The van der Waals surface area contributed by atoms with Crippen molar-refractivity contribution < 1.29 is 9.90 Å². The molecule has 0 bridgehead atoms. The number of thiazole rings is 1. The number of aromatic nitrogens is 1. The molecular formula is C18H17N2NaO2S. The molecule has 3 aromatic rings. The average Bonchev–Trinajstić information content (AvgIpc) is 2.96. The van der Waals surface area contributed by atoms with E-state index in [-0.39, 0.29) is 36.0 Å².